The van der Waals surface area contributed by atoms with Gasteiger partial charge in [-0.2, -0.15) is 0 Å². The van der Waals surface area contributed by atoms with E-state index in [1.54, 1.807) is 6.20 Å². The Labute approximate surface area is 154 Å². The number of hydrogen-bond acceptors (Lipinski definition) is 4. The van der Waals surface area contributed by atoms with Gasteiger partial charge in [0.05, 0.1) is 12.7 Å². The molecule has 1 N–H and O–H groups in total. The molecule has 0 saturated heterocycles. The van der Waals surface area contributed by atoms with Crippen molar-refractivity contribution in [2.24, 2.45) is 0 Å². The van der Waals surface area contributed by atoms with Gasteiger partial charge in [0.1, 0.15) is 0 Å². The zero-order valence-electron chi connectivity index (χ0n) is 15.0. The zero-order chi connectivity index (χ0) is 18.7. The number of aromatic nitrogens is 1. The van der Waals surface area contributed by atoms with Gasteiger partial charge in [-0.3, -0.25) is 9.78 Å². The summed E-state index contributed by atoms with van der Waals surface area (Å²) in [6.07, 6.45) is 4.05. The summed E-state index contributed by atoms with van der Waals surface area (Å²) >= 11 is 0. The molecule has 0 spiro atoms. The Morgan fingerprint density at radius 3 is 2.69 bits per heavy atom. The van der Waals surface area contributed by atoms with Crippen LogP contribution < -0.4 is 4.72 Å². The van der Waals surface area contributed by atoms with Crippen molar-refractivity contribution in [3.05, 3.63) is 64.5 Å². The van der Waals surface area contributed by atoms with Crippen LogP contribution in [0.1, 0.15) is 27.9 Å². The number of pyridine rings is 1. The van der Waals surface area contributed by atoms with Crippen molar-refractivity contribution in [3.8, 4) is 0 Å². The lowest BCUT2D eigenvalue weighted by Gasteiger charge is -2.30. The molecule has 2 aromatic rings. The van der Waals surface area contributed by atoms with Gasteiger partial charge < -0.3 is 4.90 Å². The second-order valence-corrected chi connectivity index (χ2v) is 8.48. The molecule has 0 bridgehead atoms. The molecule has 1 aliphatic rings. The molecule has 138 valence electrons. The summed E-state index contributed by atoms with van der Waals surface area (Å²) in [6, 6.07) is 9.71. The summed E-state index contributed by atoms with van der Waals surface area (Å²) in [5.74, 6) is 0.0956. The Kier molecular flexibility index (Phi) is 5.38. The number of sulfonamides is 1. The van der Waals surface area contributed by atoms with Crippen molar-refractivity contribution < 1.29 is 13.2 Å². The molecule has 0 fully saturated rings. The summed E-state index contributed by atoms with van der Waals surface area (Å²) in [5.41, 5.74) is 4.85. The van der Waals surface area contributed by atoms with Crippen molar-refractivity contribution in [1.29, 1.82) is 0 Å². The summed E-state index contributed by atoms with van der Waals surface area (Å²) in [7, 11) is -3.27. The van der Waals surface area contributed by atoms with Gasteiger partial charge in [-0.1, -0.05) is 30.3 Å². The van der Waals surface area contributed by atoms with Crippen LogP contribution in [0.25, 0.3) is 0 Å². The van der Waals surface area contributed by atoms with Gasteiger partial charge in [0.25, 0.3) is 0 Å². The molecule has 1 aromatic heterocycles. The van der Waals surface area contributed by atoms with Gasteiger partial charge in [0, 0.05) is 31.5 Å². The molecule has 0 atom stereocenters. The van der Waals surface area contributed by atoms with Gasteiger partial charge in [-0.15, -0.1) is 0 Å². The van der Waals surface area contributed by atoms with Gasteiger partial charge in [0.2, 0.25) is 15.9 Å². The number of aryl methyl sites for hydroxylation is 1. The highest BCUT2D eigenvalue weighted by atomic mass is 32.2. The topological polar surface area (TPSA) is 79.4 Å². The van der Waals surface area contributed by atoms with Gasteiger partial charge in [-0.25, -0.2) is 13.1 Å². The lowest BCUT2D eigenvalue weighted by Crippen LogP contribution is -2.38. The van der Waals surface area contributed by atoms with E-state index in [2.05, 4.69) is 9.71 Å². The predicted molar refractivity (Wildman–Crippen MR) is 99.9 cm³/mol. The maximum Gasteiger partial charge on any atom is 0.227 e. The standard InChI is InChI=1S/C19H23N3O3S/c1-14-18(12-21-26(2,24)25)17-8-9-22(13-16(17)11-20-14)19(23)10-15-6-4-3-5-7-15/h3-7,11,21H,8-10,12-13H2,1-2H3. The number of hydrogen-bond donors (Lipinski definition) is 1. The van der Waals surface area contributed by atoms with Crippen molar-refractivity contribution in [1.82, 2.24) is 14.6 Å². The minimum Gasteiger partial charge on any atom is -0.338 e. The van der Waals surface area contributed by atoms with Crippen LogP contribution in [0.3, 0.4) is 0 Å². The quantitative estimate of drug-likeness (QED) is 0.863. The van der Waals surface area contributed by atoms with Crippen LogP contribution in [0.4, 0.5) is 0 Å². The number of rotatable bonds is 5. The van der Waals surface area contributed by atoms with E-state index in [9.17, 15) is 13.2 Å². The Bertz CT molecular complexity index is 911. The predicted octanol–water partition coefficient (Wildman–Crippen LogP) is 1.57. The highest BCUT2D eigenvalue weighted by Crippen LogP contribution is 2.24. The number of carbonyl (C=O) groups is 1. The number of benzene rings is 1. The molecular formula is C19H23N3O3S. The lowest BCUT2D eigenvalue weighted by molar-refractivity contribution is -0.131. The van der Waals surface area contributed by atoms with E-state index in [4.69, 9.17) is 0 Å². The number of carbonyl (C=O) groups excluding carboxylic acids is 1. The molecule has 1 amide bonds. The fourth-order valence-corrected chi connectivity index (χ4v) is 3.66. The lowest BCUT2D eigenvalue weighted by atomic mass is 9.94. The number of nitrogens with one attached hydrogen (secondary N) is 1. The molecule has 6 nitrogen and oxygen atoms in total. The van der Waals surface area contributed by atoms with Crippen LogP contribution in [-0.2, 0) is 40.7 Å². The third-order valence-corrected chi connectivity index (χ3v) is 5.33. The average Bonchev–Trinajstić information content (AvgIpc) is 2.60. The normalized spacial score (nSPS) is 14.2. The van der Waals surface area contributed by atoms with Gasteiger partial charge in [-0.05, 0) is 35.6 Å². The van der Waals surface area contributed by atoms with Crippen LogP contribution in [0, 0.1) is 6.92 Å². The molecule has 0 radical (unpaired) electrons. The second-order valence-electron chi connectivity index (χ2n) is 6.65. The van der Waals surface area contributed by atoms with Gasteiger partial charge in [0.15, 0.2) is 0 Å². The fourth-order valence-electron chi connectivity index (χ4n) is 3.25. The fraction of sp³-hybridized carbons (Fsp3) is 0.368. The molecule has 0 saturated carbocycles. The average molecular weight is 373 g/mol. The Morgan fingerprint density at radius 2 is 2.00 bits per heavy atom. The van der Waals surface area contributed by atoms with Crippen LogP contribution in [-0.4, -0.2) is 37.0 Å². The first kappa shape index (κ1) is 18.5. The van der Waals surface area contributed by atoms with E-state index >= 15 is 0 Å². The van der Waals surface area contributed by atoms with E-state index in [1.165, 1.54) is 0 Å². The molecule has 0 aliphatic carbocycles. The van der Waals surface area contributed by atoms with E-state index < -0.39 is 10.0 Å². The highest BCUT2D eigenvalue weighted by molar-refractivity contribution is 7.88. The van der Waals surface area contributed by atoms with Crippen LogP contribution >= 0.6 is 0 Å². The van der Waals surface area contributed by atoms with E-state index in [1.807, 2.05) is 42.2 Å². The molecule has 3 rings (SSSR count). The Hall–Kier alpha value is -2.25. The largest absolute Gasteiger partial charge is 0.338 e. The Morgan fingerprint density at radius 1 is 1.27 bits per heavy atom. The van der Waals surface area contributed by atoms with E-state index in [0.29, 0.717) is 25.9 Å². The van der Waals surface area contributed by atoms with Crippen LogP contribution in [0.5, 0.6) is 0 Å². The molecule has 7 heteroatoms. The molecule has 1 aliphatic heterocycles. The third-order valence-electron chi connectivity index (χ3n) is 4.66. The summed E-state index contributed by atoms with van der Waals surface area (Å²) in [5, 5.41) is 0. The number of nitrogens with zero attached hydrogens (tertiary/aromatic N) is 2. The van der Waals surface area contributed by atoms with Crippen molar-refractivity contribution in [3.63, 3.8) is 0 Å². The Balaban J connectivity index is 1.75. The summed E-state index contributed by atoms with van der Waals surface area (Å²) in [4.78, 5) is 18.8. The molecule has 0 unspecified atom stereocenters. The second kappa shape index (κ2) is 7.55. The van der Waals surface area contributed by atoms with E-state index in [-0.39, 0.29) is 12.5 Å². The van der Waals surface area contributed by atoms with Crippen molar-refractivity contribution >= 4 is 15.9 Å². The molecule has 1 aromatic carbocycles. The minimum absolute atomic E-state index is 0.0956. The summed E-state index contributed by atoms with van der Waals surface area (Å²) < 4.78 is 25.4. The molecule has 2 heterocycles. The maximum atomic E-state index is 12.6. The highest BCUT2D eigenvalue weighted by Gasteiger charge is 2.24. The number of fused-ring (bicyclic) bond motifs is 1. The zero-order valence-corrected chi connectivity index (χ0v) is 15.8. The van der Waals surface area contributed by atoms with E-state index in [0.717, 1.165) is 34.2 Å². The maximum absolute atomic E-state index is 12.6. The molecular weight excluding hydrogens is 350 g/mol. The van der Waals surface area contributed by atoms with Crippen LogP contribution in [0.15, 0.2) is 36.5 Å². The van der Waals surface area contributed by atoms with Crippen molar-refractivity contribution in [2.45, 2.75) is 32.9 Å². The number of amides is 1. The molecule has 26 heavy (non-hydrogen) atoms. The first-order chi connectivity index (χ1) is 12.3. The first-order valence-electron chi connectivity index (χ1n) is 8.56. The van der Waals surface area contributed by atoms with Crippen molar-refractivity contribution in [2.75, 3.05) is 12.8 Å². The van der Waals surface area contributed by atoms with Crippen LogP contribution in [0.2, 0.25) is 0 Å². The first-order valence-corrected chi connectivity index (χ1v) is 10.4. The third kappa shape index (κ3) is 4.47. The minimum atomic E-state index is -3.27. The smallest absolute Gasteiger partial charge is 0.227 e. The monoisotopic (exact) mass is 373 g/mol. The van der Waals surface area contributed by atoms with Gasteiger partial charge >= 0.3 is 0 Å². The SMILES string of the molecule is Cc1ncc2c(c1CNS(C)(=O)=O)CCN(C(=O)Cc1ccccc1)C2. The summed E-state index contributed by atoms with van der Waals surface area (Å²) in [6.45, 7) is 3.26.